The second kappa shape index (κ2) is 10.4. The Bertz CT molecular complexity index is 90.9. The van der Waals surface area contributed by atoms with E-state index in [4.69, 9.17) is 0 Å². The summed E-state index contributed by atoms with van der Waals surface area (Å²) in [5.41, 5.74) is 0. The Labute approximate surface area is 108 Å². The van der Waals surface area contributed by atoms with Crippen LogP contribution in [-0.4, -0.2) is 0 Å². The molecule has 0 amide bonds. The van der Waals surface area contributed by atoms with Crippen LogP contribution < -0.4 is 12.4 Å². The summed E-state index contributed by atoms with van der Waals surface area (Å²) >= 11 is 0. The van der Waals surface area contributed by atoms with Crippen LogP contribution in [0.1, 0.15) is 13.8 Å². The van der Waals surface area contributed by atoms with Crippen molar-refractivity contribution in [2.45, 2.75) is 13.8 Å². The van der Waals surface area contributed by atoms with Gasteiger partial charge in [0.2, 0.25) is 0 Å². The van der Waals surface area contributed by atoms with Crippen LogP contribution in [0.5, 0.6) is 0 Å². The summed E-state index contributed by atoms with van der Waals surface area (Å²) in [5, 5.41) is 0. The SMILES string of the molecule is C[C]1[CH][CH][CH][CH]1.C[C]1[CH][CH][CH][CH]1.[Cl-].[V+4]. The Morgan fingerprint density at radius 3 is 0.929 bits per heavy atom. The predicted octanol–water partition coefficient (Wildman–Crippen LogP) is -0.175. The standard InChI is InChI=1S/2C6H7.ClH.V/c2*1-6-4-2-3-5-6;;/h2*2-5H,1H3;1H;/q;;;+4/p-1. The minimum absolute atomic E-state index is 0. The minimum atomic E-state index is 0. The number of hydrogen-bond acceptors (Lipinski definition) is 0. The van der Waals surface area contributed by atoms with Gasteiger partial charge in [0.1, 0.15) is 0 Å². The molecule has 11 radical (unpaired) electrons. The van der Waals surface area contributed by atoms with Gasteiger partial charge in [-0.3, -0.25) is 0 Å². The van der Waals surface area contributed by atoms with Crippen molar-refractivity contribution in [3.8, 4) is 0 Å². The summed E-state index contributed by atoms with van der Waals surface area (Å²) in [4.78, 5) is 0. The second-order valence-corrected chi connectivity index (χ2v) is 2.92. The maximum atomic E-state index is 2.08. The number of hydrogen-bond donors (Lipinski definition) is 0. The third kappa shape index (κ3) is 8.20. The first-order valence-corrected chi connectivity index (χ1v) is 4.15. The van der Waals surface area contributed by atoms with E-state index in [9.17, 15) is 0 Å². The van der Waals surface area contributed by atoms with Crippen LogP contribution in [0.2, 0.25) is 0 Å². The van der Waals surface area contributed by atoms with Gasteiger partial charge in [0, 0.05) is 0 Å². The van der Waals surface area contributed by atoms with E-state index < -0.39 is 0 Å². The van der Waals surface area contributed by atoms with Crippen molar-refractivity contribution in [3.63, 3.8) is 0 Å². The quantitative estimate of drug-likeness (QED) is 0.555. The molecule has 2 heteroatoms. The summed E-state index contributed by atoms with van der Waals surface area (Å²) in [6, 6.07) is 0. The van der Waals surface area contributed by atoms with Crippen molar-refractivity contribution in [2.24, 2.45) is 0 Å². The van der Waals surface area contributed by atoms with E-state index in [1.54, 1.807) is 0 Å². The fourth-order valence-corrected chi connectivity index (χ4v) is 0.940. The monoisotopic (exact) mass is 244 g/mol. The Hall–Kier alpha value is 0.874. The predicted molar refractivity (Wildman–Crippen MR) is 52.2 cm³/mol. The normalized spacial score (nSPS) is 21.9. The van der Waals surface area contributed by atoms with E-state index in [2.05, 4.69) is 39.5 Å². The molecule has 0 nitrogen and oxygen atoms in total. The first-order valence-electron chi connectivity index (χ1n) is 4.15. The summed E-state index contributed by atoms with van der Waals surface area (Å²) in [6.45, 7) is 4.17. The summed E-state index contributed by atoms with van der Waals surface area (Å²) < 4.78 is 0. The Kier molecular flexibility index (Phi) is 12.8. The van der Waals surface area contributed by atoms with Gasteiger partial charge in [-0.1, -0.05) is 13.8 Å². The third-order valence-corrected chi connectivity index (χ3v) is 1.66. The van der Waals surface area contributed by atoms with E-state index in [-0.39, 0.29) is 31.0 Å². The topological polar surface area (TPSA) is 0 Å². The van der Waals surface area contributed by atoms with Gasteiger partial charge < -0.3 is 12.4 Å². The molecule has 2 fully saturated rings. The van der Waals surface area contributed by atoms with Crippen LogP contribution in [0.3, 0.4) is 0 Å². The van der Waals surface area contributed by atoms with Gasteiger partial charge in [0.15, 0.2) is 0 Å². The minimum Gasteiger partial charge on any atom is -1.00 e. The van der Waals surface area contributed by atoms with E-state index in [1.165, 1.54) is 11.8 Å². The Balaban J connectivity index is 0. The maximum Gasteiger partial charge on any atom is 4.00 e. The zero-order chi connectivity index (χ0) is 8.81. The molecule has 0 N–H and O–H groups in total. The van der Waals surface area contributed by atoms with Crippen LogP contribution in [0.25, 0.3) is 0 Å². The molecule has 2 aliphatic carbocycles. The smallest absolute Gasteiger partial charge is 1.00 e. The van der Waals surface area contributed by atoms with Crippen LogP contribution in [0.4, 0.5) is 0 Å². The average molecular weight is 245 g/mol. The molecule has 0 unspecified atom stereocenters. The van der Waals surface area contributed by atoms with E-state index >= 15 is 0 Å². The molecule has 2 rings (SSSR count). The zero-order valence-electron chi connectivity index (χ0n) is 8.44. The van der Waals surface area contributed by atoms with Crippen molar-refractivity contribution in [3.05, 3.63) is 63.2 Å². The van der Waals surface area contributed by atoms with Crippen LogP contribution in [0, 0.1) is 63.2 Å². The average Bonchev–Trinajstić information content (AvgIpc) is 2.63. The number of rotatable bonds is 0. The molecule has 0 heterocycles. The van der Waals surface area contributed by atoms with Gasteiger partial charge >= 0.3 is 18.6 Å². The van der Waals surface area contributed by atoms with Crippen molar-refractivity contribution >= 4 is 0 Å². The first kappa shape index (κ1) is 17.3. The van der Waals surface area contributed by atoms with Gasteiger partial charge in [0.25, 0.3) is 0 Å². The molecule has 71 valence electrons. The van der Waals surface area contributed by atoms with Crippen molar-refractivity contribution in [2.75, 3.05) is 0 Å². The first-order chi connectivity index (χ1) is 5.79. The van der Waals surface area contributed by atoms with Crippen LogP contribution in [0.15, 0.2) is 0 Å². The summed E-state index contributed by atoms with van der Waals surface area (Å²) in [7, 11) is 0. The summed E-state index contributed by atoms with van der Waals surface area (Å²) in [6.07, 6.45) is 16.5. The fourth-order valence-electron chi connectivity index (χ4n) is 0.940. The van der Waals surface area contributed by atoms with Crippen LogP contribution >= 0.6 is 0 Å². The molecule has 0 saturated heterocycles. The molecule has 0 atom stereocenters. The molecule has 2 aliphatic rings. The van der Waals surface area contributed by atoms with Crippen molar-refractivity contribution in [1.29, 1.82) is 0 Å². The van der Waals surface area contributed by atoms with E-state index in [1.807, 2.05) is 25.7 Å². The fraction of sp³-hybridized carbons (Fsp3) is 0.167. The largest absolute Gasteiger partial charge is 4.00 e. The summed E-state index contributed by atoms with van der Waals surface area (Å²) in [5.74, 6) is 2.69. The molecule has 0 aromatic heterocycles. The number of halogens is 1. The molecule has 0 spiro atoms. The van der Waals surface area contributed by atoms with E-state index in [0.717, 1.165) is 0 Å². The molecule has 0 aromatic rings. The van der Waals surface area contributed by atoms with Gasteiger partial charge in [-0.25, -0.2) is 0 Å². The van der Waals surface area contributed by atoms with Gasteiger partial charge in [0.05, 0.1) is 0 Å². The third-order valence-electron chi connectivity index (χ3n) is 1.66. The van der Waals surface area contributed by atoms with Gasteiger partial charge in [-0.05, 0) is 63.2 Å². The van der Waals surface area contributed by atoms with E-state index in [0.29, 0.717) is 0 Å². The van der Waals surface area contributed by atoms with Crippen molar-refractivity contribution in [1.82, 2.24) is 0 Å². The second-order valence-electron chi connectivity index (χ2n) is 2.92. The van der Waals surface area contributed by atoms with Gasteiger partial charge in [-0.15, -0.1) is 0 Å². The van der Waals surface area contributed by atoms with Crippen LogP contribution in [-0.2, 0) is 18.6 Å². The molecule has 14 heavy (non-hydrogen) atoms. The van der Waals surface area contributed by atoms with Gasteiger partial charge in [-0.2, -0.15) is 0 Å². The zero-order valence-corrected chi connectivity index (χ0v) is 10.6. The molecule has 0 aliphatic heterocycles. The Morgan fingerprint density at radius 1 is 0.643 bits per heavy atom. The molecule has 0 bridgehead atoms. The molecule has 2 saturated carbocycles. The molecular weight excluding hydrogens is 231 g/mol. The molecular formula is C12H14ClV+3. The molecule has 0 aromatic carbocycles. The maximum absolute atomic E-state index is 2.08. The Morgan fingerprint density at radius 2 is 0.857 bits per heavy atom. The van der Waals surface area contributed by atoms with Crippen molar-refractivity contribution < 1.29 is 31.0 Å².